The van der Waals surface area contributed by atoms with Crippen LogP contribution in [0.2, 0.25) is 0 Å². The molecule has 2 heterocycles. The molecule has 1 aromatic heterocycles. The van der Waals surface area contributed by atoms with Gasteiger partial charge in [0.2, 0.25) is 5.95 Å². The first-order valence-electron chi connectivity index (χ1n) is 12.4. The number of hydrogen-bond donors (Lipinski definition) is 1. The third-order valence-electron chi connectivity index (χ3n) is 7.44. The molecule has 0 radical (unpaired) electrons. The fourth-order valence-electron chi connectivity index (χ4n) is 4.74. The number of hydrogen-bond acceptors (Lipinski definition) is 5. The predicted molar refractivity (Wildman–Crippen MR) is 141 cm³/mol. The Hall–Kier alpha value is -3.49. The molecule has 1 aliphatic heterocycles. The largest absolute Gasteiger partial charge is 0.492 e. The minimum absolute atomic E-state index is 0.0314. The molecule has 0 spiro atoms. The lowest BCUT2D eigenvalue weighted by atomic mass is 9.77. The molecule has 37 heavy (non-hydrogen) atoms. The third-order valence-corrected chi connectivity index (χ3v) is 7.44. The highest BCUT2D eigenvalue weighted by molar-refractivity contribution is 6.56. The van der Waals surface area contributed by atoms with Crippen molar-refractivity contribution < 1.29 is 23.2 Å². The average molecular weight is 500 g/mol. The van der Waals surface area contributed by atoms with Crippen LogP contribution in [0.25, 0.3) is 17.2 Å². The number of carbonyl (C=O) groups is 1. The van der Waals surface area contributed by atoms with Crippen molar-refractivity contribution in [1.82, 2.24) is 10.3 Å². The second-order valence-electron chi connectivity index (χ2n) is 10.4. The maximum Gasteiger partial charge on any atom is 0.492 e. The van der Waals surface area contributed by atoms with Crippen molar-refractivity contribution in [3.8, 4) is 11.1 Å². The molecule has 1 aliphatic carbocycles. The number of benzene rings is 2. The van der Waals surface area contributed by atoms with E-state index in [-0.39, 0.29) is 19.1 Å². The Bertz CT molecular complexity index is 1300. The standard InChI is InChI=1S/C29H30BFN2O4/c1-28(2)29(3,4)37-30(36-28)20(15-19-13-14-32-26(31)16-19)17-33-27(34)35-18-25-23-11-7-5-9-21(23)22-10-6-8-12-24(22)25/h5-16,25H,17-18H2,1-4H3,(H,33,34). The first kappa shape index (κ1) is 25.2. The van der Waals surface area contributed by atoms with Gasteiger partial charge in [0, 0.05) is 24.7 Å². The van der Waals surface area contributed by atoms with Crippen LogP contribution in [-0.2, 0) is 14.0 Å². The quantitative estimate of drug-likeness (QED) is 0.344. The molecule has 2 aliphatic rings. The first-order valence-corrected chi connectivity index (χ1v) is 12.4. The van der Waals surface area contributed by atoms with E-state index >= 15 is 0 Å². The zero-order valence-electron chi connectivity index (χ0n) is 21.5. The number of aromatic nitrogens is 1. The van der Waals surface area contributed by atoms with Gasteiger partial charge in [0.25, 0.3) is 0 Å². The zero-order chi connectivity index (χ0) is 26.2. The third kappa shape index (κ3) is 5.04. The highest BCUT2D eigenvalue weighted by Crippen LogP contribution is 2.44. The molecule has 6 nitrogen and oxygen atoms in total. The van der Waals surface area contributed by atoms with Gasteiger partial charge in [-0.05, 0) is 67.1 Å². The van der Waals surface area contributed by atoms with Gasteiger partial charge < -0.3 is 19.4 Å². The van der Waals surface area contributed by atoms with Gasteiger partial charge >= 0.3 is 13.2 Å². The van der Waals surface area contributed by atoms with Gasteiger partial charge in [-0.3, -0.25) is 0 Å². The van der Waals surface area contributed by atoms with E-state index < -0.39 is 30.4 Å². The highest BCUT2D eigenvalue weighted by atomic mass is 19.1. The van der Waals surface area contributed by atoms with Crippen LogP contribution in [0.15, 0.2) is 72.3 Å². The number of fused-ring (bicyclic) bond motifs is 3. The number of halogens is 1. The van der Waals surface area contributed by atoms with Crippen LogP contribution in [0.4, 0.5) is 9.18 Å². The number of amides is 1. The number of carbonyl (C=O) groups excluding carboxylic acids is 1. The molecule has 190 valence electrons. The van der Waals surface area contributed by atoms with Gasteiger partial charge in [-0.1, -0.05) is 54.6 Å². The van der Waals surface area contributed by atoms with E-state index in [4.69, 9.17) is 14.0 Å². The van der Waals surface area contributed by atoms with Crippen LogP contribution in [0, 0.1) is 5.95 Å². The fourth-order valence-corrected chi connectivity index (χ4v) is 4.74. The minimum atomic E-state index is -0.713. The molecule has 0 unspecified atom stereocenters. The molecule has 0 bridgehead atoms. The van der Waals surface area contributed by atoms with Crippen LogP contribution in [0.5, 0.6) is 0 Å². The minimum Gasteiger partial charge on any atom is -0.449 e. The lowest BCUT2D eigenvalue weighted by molar-refractivity contribution is 0.00578. The molecule has 0 atom stereocenters. The molecule has 5 rings (SSSR count). The number of nitrogens with zero attached hydrogens (tertiary/aromatic N) is 1. The number of pyridine rings is 1. The lowest BCUT2D eigenvalue weighted by Crippen LogP contribution is -2.41. The highest BCUT2D eigenvalue weighted by Gasteiger charge is 2.52. The van der Waals surface area contributed by atoms with Crippen molar-refractivity contribution in [3.63, 3.8) is 0 Å². The topological polar surface area (TPSA) is 69.7 Å². The van der Waals surface area contributed by atoms with Gasteiger partial charge in [-0.25, -0.2) is 9.78 Å². The van der Waals surface area contributed by atoms with Crippen LogP contribution < -0.4 is 5.32 Å². The van der Waals surface area contributed by atoms with Crippen molar-refractivity contribution >= 4 is 19.3 Å². The van der Waals surface area contributed by atoms with Gasteiger partial charge in [0.05, 0.1) is 11.2 Å². The van der Waals surface area contributed by atoms with E-state index in [2.05, 4.69) is 34.6 Å². The number of alkyl carbamates (subject to hydrolysis) is 1. The molecule has 1 amide bonds. The first-order chi connectivity index (χ1) is 17.6. The summed E-state index contributed by atoms with van der Waals surface area (Å²) < 4.78 is 31.8. The Balaban J connectivity index is 1.29. The summed E-state index contributed by atoms with van der Waals surface area (Å²) >= 11 is 0. The molecule has 2 aromatic carbocycles. The zero-order valence-corrected chi connectivity index (χ0v) is 21.5. The summed E-state index contributed by atoms with van der Waals surface area (Å²) in [5.41, 5.74) is 4.73. The Kier molecular flexibility index (Phi) is 6.64. The number of rotatable bonds is 6. The van der Waals surface area contributed by atoms with E-state index in [0.717, 1.165) is 11.1 Å². The molecule has 1 saturated heterocycles. The van der Waals surface area contributed by atoms with E-state index in [1.807, 2.05) is 52.0 Å². The van der Waals surface area contributed by atoms with Gasteiger partial charge in [-0.15, -0.1) is 0 Å². The molecular weight excluding hydrogens is 470 g/mol. The Morgan fingerprint density at radius 3 is 2.22 bits per heavy atom. The van der Waals surface area contributed by atoms with Gasteiger partial charge in [-0.2, -0.15) is 4.39 Å². The summed E-state index contributed by atoms with van der Waals surface area (Å²) in [4.78, 5) is 16.4. The van der Waals surface area contributed by atoms with Crippen LogP contribution >= 0.6 is 0 Å². The van der Waals surface area contributed by atoms with E-state index in [0.29, 0.717) is 11.0 Å². The van der Waals surface area contributed by atoms with Crippen LogP contribution in [0.3, 0.4) is 0 Å². The maximum absolute atomic E-state index is 13.7. The van der Waals surface area contributed by atoms with E-state index in [1.165, 1.54) is 23.4 Å². The van der Waals surface area contributed by atoms with Crippen molar-refractivity contribution in [1.29, 1.82) is 0 Å². The van der Waals surface area contributed by atoms with Crippen LogP contribution in [0.1, 0.15) is 50.3 Å². The van der Waals surface area contributed by atoms with Crippen molar-refractivity contribution in [2.24, 2.45) is 0 Å². The second kappa shape index (κ2) is 9.76. The van der Waals surface area contributed by atoms with Crippen LogP contribution in [-0.4, -0.2) is 42.5 Å². The molecule has 0 saturated carbocycles. The Morgan fingerprint density at radius 2 is 1.62 bits per heavy atom. The summed E-state index contributed by atoms with van der Waals surface area (Å²) in [7, 11) is -0.713. The predicted octanol–water partition coefficient (Wildman–Crippen LogP) is 5.77. The van der Waals surface area contributed by atoms with Crippen molar-refractivity contribution in [2.75, 3.05) is 13.2 Å². The fraction of sp³-hybridized carbons (Fsp3) is 0.310. The van der Waals surface area contributed by atoms with Gasteiger partial charge in [0.1, 0.15) is 6.61 Å². The molecule has 1 N–H and O–H groups in total. The SMILES string of the molecule is CC1(C)OB(C(=Cc2ccnc(F)c2)CNC(=O)OCC2c3ccccc3-c3ccccc32)OC1(C)C. The molecular formula is C29H30BFN2O4. The molecule has 1 fully saturated rings. The van der Waals surface area contributed by atoms with Crippen molar-refractivity contribution in [3.05, 3.63) is 95.0 Å². The summed E-state index contributed by atoms with van der Waals surface area (Å²) in [6.45, 7) is 8.14. The summed E-state index contributed by atoms with van der Waals surface area (Å²) in [5.74, 6) is -0.623. The normalized spacial score (nSPS) is 17.9. The number of ether oxygens (including phenoxy) is 1. The Labute approximate surface area is 217 Å². The Morgan fingerprint density at radius 1 is 1.03 bits per heavy atom. The smallest absolute Gasteiger partial charge is 0.449 e. The van der Waals surface area contributed by atoms with Crippen molar-refractivity contribution in [2.45, 2.75) is 44.8 Å². The summed E-state index contributed by atoms with van der Waals surface area (Å²) in [6.07, 6.45) is 2.59. The molecule has 8 heteroatoms. The lowest BCUT2D eigenvalue weighted by Gasteiger charge is -2.32. The summed E-state index contributed by atoms with van der Waals surface area (Å²) in [5, 5.41) is 2.82. The molecule has 3 aromatic rings. The van der Waals surface area contributed by atoms with E-state index in [9.17, 15) is 9.18 Å². The van der Waals surface area contributed by atoms with E-state index in [1.54, 1.807) is 12.1 Å². The van der Waals surface area contributed by atoms with Gasteiger partial charge in [0.15, 0.2) is 0 Å². The maximum atomic E-state index is 13.7. The monoisotopic (exact) mass is 500 g/mol. The second-order valence-corrected chi connectivity index (χ2v) is 10.4. The average Bonchev–Trinajstić information content (AvgIpc) is 3.29. The number of nitrogens with one attached hydrogen (secondary N) is 1. The summed E-state index contributed by atoms with van der Waals surface area (Å²) in [6, 6.07) is 19.4.